The second-order valence-electron chi connectivity index (χ2n) is 6.58. The van der Waals surface area contributed by atoms with Gasteiger partial charge in [-0.1, -0.05) is 25.0 Å². The van der Waals surface area contributed by atoms with Crippen LogP contribution in [-0.2, 0) is 16.6 Å². The minimum absolute atomic E-state index is 0.00937. The number of pyridine rings is 1. The Morgan fingerprint density at radius 2 is 1.88 bits per heavy atom. The first kappa shape index (κ1) is 18.5. The number of benzene rings is 1. The maximum Gasteiger partial charge on any atom is 0.251 e. The molecule has 1 saturated carbocycles. The van der Waals surface area contributed by atoms with Gasteiger partial charge in [-0.05, 0) is 50.1 Å². The number of hydrogen-bond donors (Lipinski definition) is 2. The molecule has 26 heavy (non-hydrogen) atoms. The van der Waals surface area contributed by atoms with Crippen LogP contribution in [-0.4, -0.2) is 25.4 Å². The van der Waals surface area contributed by atoms with Gasteiger partial charge in [0.15, 0.2) is 0 Å². The van der Waals surface area contributed by atoms with Crippen molar-refractivity contribution in [1.82, 2.24) is 15.0 Å². The van der Waals surface area contributed by atoms with Crippen LogP contribution in [0.4, 0.5) is 0 Å². The summed E-state index contributed by atoms with van der Waals surface area (Å²) in [5.74, 6) is -0.328. The number of aromatic nitrogens is 1. The van der Waals surface area contributed by atoms with Crippen LogP contribution in [0, 0.1) is 6.92 Å². The predicted molar refractivity (Wildman–Crippen MR) is 99.2 cm³/mol. The van der Waals surface area contributed by atoms with Crippen molar-refractivity contribution in [1.29, 1.82) is 0 Å². The second-order valence-corrected chi connectivity index (χ2v) is 8.30. The Labute approximate surface area is 154 Å². The maximum absolute atomic E-state index is 12.5. The van der Waals surface area contributed by atoms with Crippen molar-refractivity contribution in [3.8, 4) is 0 Å². The summed E-state index contributed by atoms with van der Waals surface area (Å²) < 4.78 is 27.8. The van der Waals surface area contributed by atoms with E-state index in [-0.39, 0.29) is 23.4 Å². The van der Waals surface area contributed by atoms with Gasteiger partial charge in [0, 0.05) is 17.3 Å². The number of carbonyl (C=O) groups excluding carboxylic acids is 1. The molecule has 0 saturated heterocycles. The highest BCUT2D eigenvalue weighted by Gasteiger charge is 2.23. The Balaban J connectivity index is 1.68. The molecule has 0 radical (unpaired) electrons. The minimum Gasteiger partial charge on any atom is -0.346 e. The lowest BCUT2D eigenvalue weighted by atomic mass is 10.2. The van der Waals surface area contributed by atoms with E-state index in [9.17, 15) is 13.2 Å². The molecule has 2 aromatic rings. The normalized spacial score (nSPS) is 15.1. The molecule has 1 heterocycles. The van der Waals surface area contributed by atoms with E-state index in [4.69, 9.17) is 0 Å². The average Bonchev–Trinajstić information content (AvgIpc) is 3.12. The van der Waals surface area contributed by atoms with E-state index in [1.54, 1.807) is 12.1 Å². The third-order valence-corrected chi connectivity index (χ3v) is 5.98. The lowest BCUT2D eigenvalue weighted by Gasteiger charge is -2.13. The van der Waals surface area contributed by atoms with Crippen LogP contribution in [0.25, 0.3) is 0 Å². The summed E-state index contributed by atoms with van der Waals surface area (Å²) in [6, 6.07) is 11.7. The summed E-state index contributed by atoms with van der Waals surface area (Å²) >= 11 is 0. The van der Waals surface area contributed by atoms with Gasteiger partial charge >= 0.3 is 0 Å². The molecule has 1 aliphatic rings. The van der Waals surface area contributed by atoms with Crippen molar-refractivity contribution >= 4 is 15.9 Å². The topological polar surface area (TPSA) is 88.2 Å². The number of rotatable bonds is 6. The van der Waals surface area contributed by atoms with E-state index in [0.29, 0.717) is 5.56 Å². The monoisotopic (exact) mass is 373 g/mol. The van der Waals surface area contributed by atoms with Crippen molar-refractivity contribution in [3.05, 3.63) is 59.4 Å². The van der Waals surface area contributed by atoms with Crippen molar-refractivity contribution in [2.75, 3.05) is 0 Å². The number of sulfonamides is 1. The largest absolute Gasteiger partial charge is 0.346 e. The molecular weight excluding hydrogens is 350 g/mol. The van der Waals surface area contributed by atoms with Crippen molar-refractivity contribution in [2.45, 2.75) is 50.1 Å². The van der Waals surface area contributed by atoms with Gasteiger partial charge in [-0.2, -0.15) is 0 Å². The molecule has 1 aliphatic carbocycles. The highest BCUT2D eigenvalue weighted by molar-refractivity contribution is 7.89. The molecular formula is C19H23N3O3S. The van der Waals surface area contributed by atoms with Gasteiger partial charge in [0.05, 0.1) is 17.1 Å². The molecule has 1 aromatic carbocycles. The highest BCUT2D eigenvalue weighted by atomic mass is 32.2. The summed E-state index contributed by atoms with van der Waals surface area (Å²) in [5, 5.41) is 2.78. The molecule has 1 fully saturated rings. The molecule has 0 aliphatic heterocycles. The number of hydrogen-bond acceptors (Lipinski definition) is 4. The van der Waals surface area contributed by atoms with Gasteiger partial charge in [-0.25, -0.2) is 13.1 Å². The van der Waals surface area contributed by atoms with Crippen molar-refractivity contribution in [2.24, 2.45) is 0 Å². The molecule has 3 rings (SSSR count). The zero-order valence-corrected chi connectivity index (χ0v) is 15.6. The van der Waals surface area contributed by atoms with E-state index >= 15 is 0 Å². The zero-order chi connectivity index (χ0) is 18.6. The van der Waals surface area contributed by atoms with Crippen molar-refractivity contribution < 1.29 is 13.2 Å². The number of aryl methyl sites for hydroxylation is 1. The SMILES string of the molecule is Cc1cccc(CNC(=O)c2cccc(S(=O)(=O)NC3CCCC3)c2)n1. The third-order valence-electron chi connectivity index (χ3n) is 4.46. The molecule has 2 N–H and O–H groups in total. The van der Waals surface area contributed by atoms with E-state index in [1.807, 2.05) is 25.1 Å². The van der Waals surface area contributed by atoms with Gasteiger partial charge in [-0.3, -0.25) is 9.78 Å². The molecule has 1 aromatic heterocycles. The van der Waals surface area contributed by atoms with Gasteiger partial charge in [0.1, 0.15) is 0 Å². The fourth-order valence-corrected chi connectivity index (χ4v) is 4.46. The van der Waals surface area contributed by atoms with Crippen LogP contribution in [0.1, 0.15) is 47.4 Å². The number of amides is 1. The maximum atomic E-state index is 12.5. The molecule has 0 atom stereocenters. The lowest BCUT2D eigenvalue weighted by Crippen LogP contribution is -2.32. The molecule has 138 valence electrons. The standard InChI is InChI=1S/C19H23N3O3S/c1-14-6-4-10-17(21-14)13-20-19(23)15-7-5-11-18(12-15)26(24,25)22-16-8-2-3-9-16/h4-7,10-12,16,22H,2-3,8-9,13H2,1H3,(H,20,23). The average molecular weight is 373 g/mol. The Bertz CT molecular complexity index is 890. The molecule has 0 bridgehead atoms. The fraction of sp³-hybridized carbons (Fsp3) is 0.368. The van der Waals surface area contributed by atoms with E-state index in [1.165, 1.54) is 12.1 Å². The Morgan fingerprint density at radius 3 is 2.62 bits per heavy atom. The lowest BCUT2D eigenvalue weighted by molar-refractivity contribution is 0.0950. The Hall–Kier alpha value is -2.25. The Morgan fingerprint density at radius 1 is 1.15 bits per heavy atom. The molecule has 1 amide bonds. The minimum atomic E-state index is -3.61. The van der Waals surface area contributed by atoms with Gasteiger partial charge in [0.2, 0.25) is 10.0 Å². The highest BCUT2D eigenvalue weighted by Crippen LogP contribution is 2.20. The molecule has 6 nitrogen and oxygen atoms in total. The van der Waals surface area contributed by atoms with E-state index in [2.05, 4.69) is 15.0 Å². The van der Waals surface area contributed by atoms with Crippen molar-refractivity contribution in [3.63, 3.8) is 0 Å². The summed E-state index contributed by atoms with van der Waals surface area (Å²) in [5.41, 5.74) is 1.94. The van der Waals surface area contributed by atoms with E-state index < -0.39 is 10.0 Å². The molecule has 0 spiro atoms. The van der Waals surface area contributed by atoms with E-state index in [0.717, 1.165) is 37.1 Å². The van der Waals surface area contributed by atoms with Gasteiger partial charge in [0.25, 0.3) is 5.91 Å². The summed E-state index contributed by atoms with van der Waals surface area (Å²) in [7, 11) is -3.61. The smallest absolute Gasteiger partial charge is 0.251 e. The molecule has 0 unspecified atom stereocenters. The van der Waals surface area contributed by atoms with Gasteiger partial charge in [-0.15, -0.1) is 0 Å². The quantitative estimate of drug-likeness (QED) is 0.814. The molecule has 7 heteroatoms. The zero-order valence-electron chi connectivity index (χ0n) is 14.7. The number of carbonyl (C=O) groups is 1. The first-order valence-corrected chi connectivity index (χ1v) is 10.3. The summed E-state index contributed by atoms with van der Waals surface area (Å²) in [4.78, 5) is 16.8. The predicted octanol–water partition coefficient (Wildman–Crippen LogP) is 2.54. The van der Waals surface area contributed by atoms with Crippen LogP contribution in [0.2, 0.25) is 0 Å². The van der Waals surface area contributed by atoms with Crippen LogP contribution >= 0.6 is 0 Å². The number of nitrogens with zero attached hydrogens (tertiary/aromatic N) is 1. The van der Waals surface area contributed by atoms with Crippen LogP contribution in [0.3, 0.4) is 0 Å². The first-order valence-electron chi connectivity index (χ1n) is 8.77. The second kappa shape index (κ2) is 7.97. The van der Waals surface area contributed by atoms with Crippen LogP contribution in [0.5, 0.6) is 0 Å². The van der Waals surface area contributed by atoms with Gasteiger partial charge < -0.3 is 5.32 Å². The first-order chi connectivity index (χ1) is 12.4. The third kappa shape index (κ3) is 4.68. The number of nitrogens with one attached hydrogen (secondary N) is 2. The fourth-order valence-electron chi connectivity index (χ4n) is 3.11. The Kier molecular flexibility index (Phi) is 5.68. The summed E-state index contributed by atoms with van der Waals surface area (Å²) in [6.07, 6.45) is 3.82. The van der Waals surface area contributed by atoms with Crippen LogP contribution in [0.15, 0.2) is 47.4 Å². The van der Waals surface area contributed by atoms with Crippen LogP contribution < -0.4 is 10.0 Å². The summed E-state index contributed by atoms with van der Waals surface area (Å²) in [6.45, 7) is 2.18.